The first kappa shape index (κ1) is 23.9. The lowest BCUT2D eigenvalue weighted by molar-refractivity contribution is 0.192. The summed E-state index contributed by atoms with van der Waals surface area (Å²) in [6.07, 6.45) is 0.808. The fraction of sp³-hybridized carbons (Fsp3) is 0.259. The molecule has 2 N–H and O–H groups in total. The smallest absolute Gasteiger partial charge is 0.324 e. The maximum absolute atomic E-state index is 13.4. The van der Waals surface area contributed by atoms with E-state index in [1.165, 1.54) is 0 Å². The van der Waals surface area contributed by atoms with Gasteiger partial charge in [-0.05, 0) is 55.3 Å². The molecule has 3 aromatic rings. The van der Waals surface area contributed by atoms with Crippen molar-refractivity contribution in [3.63, 3.8) is 0 Å². The van der Waals surface area contributed by atoms with Crippen molar-refractivity contribution in [1.82, 2.24) is 4.90 Å². The van der Waals surface area contributed by atoms with Gasteiger partial charge in [-0.25, -0.2) is 9.59 Å². The van der Waals surface area contributed by atoms with Gasteiger partial charge >= 0.3 is 12.1 Å². The van der Waals surface area contributed by atoms with Crippen LogP contribution in [0.15, 0.2) is 66.7 Å². The van der Waals surface area contributed by atoms with Gasteiger partial charge in [0.05, 0.1) is 25.6 Å². The third kappa shape index (κ3) is 5.84. The molecule has 0 bridgehead atoms. The molecule has 0 spiro atoms. The maximum Gasteiger partial charge on any atom is 0.324 e. The number of hydrogen-bond acceptors (Lipinski definition) is 4. The van der Waals surface area contributed by atoms with Gasteiger partial charge in [-0.15, -0.1) is 0 Å². The molecule has 182 valence electrons. The highest BCUT2D eigenvalue weighted by Gasteiger charge is 2.29. The van der Waals surface area contributed by atoms with Gasteiger partial charge in [0.1, 0.15) is 11.5 Å². The number of carbonyl (C=O) groups excluding carboxylic acids is 2. The van der Waals surface area contributed by atoms with Crippen LogP contribution in [-0.2, 0) is 6.54 Å². The quantitative estimate of drug-likeness (QED) is 0.474. The van der Waals surface area contributed by atoms with E-state index in [0.717, 1.165) is 23.3 Å². The Labute approximate surface area is 205 Å². The summed E-state index contributed by atoms with van der Waals surface area (Å²) < 4.78 is 10.6. The molecule has 4 rings (SSSR count). The predicted octanol–water partition coefficient (Wildman–Crippen LogP) is 5.49. The molecule has 1 aliphatic rings. The zero-order chi connectivity index (χ0) is 24.8. The molecule has 0 aliphatic carbocycles. The van der Waals surface area contributed by atoms with Crippen molar-refractivity contribution in [3.05, 3.63) is 77.9 Å². The molecule has 1 heterocycles. The van der Waals surface area contributed by atoms with Crippen LogP contribution >= 0.6 is 0 Å². The number of hydrogen-bond donors (Lipinski definition) is 2. The molecule has 1 fully saturated rings. The highest BCUT2D eigenvalue weighted by molar-refractivity contribution is 6.04. The molecule has 8 nitrogen and oxygen atoms in total. The van der Waals surface area contributed by atoms with Gasteiger partial charge in [0.15, 0.2) is 0 Å². The van der Waals surface area contributed by atoms with Crippen molar-refractivity contribution in [2.75, 3.05) is 42.8 Å². The van der Waals surface area contributed by atoms with E-state index in [-0.39, 0.29) is 6.03 Å². The van der Waals surface area contributed by atoms with E-state index < -0.39 is 6.03 Å². The van der Waals surface area contributed by atoms with E-state index >= 15 is 0 Å². The molecule has 4 amide bonds. The van der Waals surface area contributed by atoms with Gasteiger partial charge < -0.3 is 25.0 Å². The second kappa shape index (κ2) is 10.8. The maximum atomic E-state index is 13.4. The lowest BCUT2D eigenvalue weighted by Crippen LogP contribution is -2.49. The van der Waals surface area contributed by atoms with Crippen LogP contribution in [0.2, 0.25) is 0 Å². The summed E-state index contributed by atoms with van der Waals surface area (Å²) in [6, 6.07) is 20.0. The van der Waals surface area contributed by atoms with Crippen molar-refractivity contribution in [2.45, 2.75) is 19.9 Å². The first-order valence-corrected chi connectivity index (χ1v) is 11.5. The first-order valence-electron chi connectivity index (χ1n) is 11.5. The monoisotopic (exact) mass is 474 g/mol. The number of urea groups is 2. The van der Waals surface area contributed by atoms with Gasteiger partial charge in [-0.1, -0.05) is 29.8 Å². The van der Waals surface area contributed by atoms with Crippen molar-refractivity contribution in [3.8, 4) is 11.5 Å². The van der Waals surface area contributed by atoms with E-state index in [9.17, 15) is 9.59 Å². The Morgan fingerprint density at radius 1 is 0.886 bits per heavy atom. The van der Waals surface area contributed by atoms with Crippen molar-refractivity contribution in [1.29, 1.82) is 0 Å². The van der Waals surface area contributed by atoms with E-state index in [0.29, 0.717) is 42.4 Å². The number of methoxy groups -OCH3 is 2. The zero-order valence-corrected chi connectivity index (χ0v) is 20.2. The van der Waals surface area contributed by atoms with Crippen LogP contribution in [0.3, 0.4) is 0 Å². The molecule has 0 radical (unpaired) electrons. The Morgan fingerprint density at radius 3 is 2.26 bits per heavy atom. The van der Waals surface area contributed by atoms with Crippen LogP contribution in [0.25, 0.3) is 0 Å². The molecule has 0 unspecified atom stereocenters. The van der Waals surface area contributed by atoms with Crippen LogP contribution in [0.5, 0.6) is 11.5 Å². The minimum Gasteiger partial charge on any atom is -0.497 e. The Hall–Kier alpha value is -4.20. The van der Waals surface area contributed by atoms with Gasteiger partial charge in [0, 0.05) is 31.4 Å². The molecule has 0 saturated carbocycles. The molecular weight excluding hydrogens is 444 g/mol. The Kier molecular flexibility index (Phi) is 7.40. The minimum absolute atomic E-state index is 0.112. The average molecular weight is 475 g/mol. The van der Waals surface area contributed by atoms with Crippen molar-refractivity contribution >= 4 is 29.1 Å². The van der Waals surface area contributed by atoms with Gasteiger partial charge in [0.2, 0.25) is 0 Å². The van der Waals surface area contributed by atoms with Gasteiger partial charge in [-0.3, -0.25) is 4.90 Å². The summed E-state index contributed by atoms with van der Waals surface area (Å²) in [5.41, 5.74) is 3.92. The van der Waals surface area contributed by atoms with E-state index in [1.807, 2.05) is 60.4 Å². The number of aryl methyl sites for hydroxylation is 1. The minimum atomic E-state index is -0.400. The molecule has 8 heteroatoms. The Bertz CT molecular complexity index is 1180. The summed E-state index contributed by atoms with van der Waals surface area (Å²) in [4.78, 5) is 29.7. The van der Waals surface area contributed by atoms with Crippen LogP contribution in [0.1, 0.15) is 17.5 Å². The van der Waals surface area contributed by atoms with Crippen molar-refractivity contribution < 1.29 is 19.1 Å². The lowest BCUT2D eigenvalue weighted by Gasteiger charge is -2.36. The van der Waals surface area contributed by atoms with E-state index in [1.54, 1.807) is 37.3 Å². The number of anilines is 3. The number of nitrogens with zero attached hydrogens (tertiary/aromatic N) is 2. The molecule has 1 saturated heterocycles. The topological polar surface area (TPSA) is 83.1 Å². The summed E-state index contributed by atoms with van der Waals surface area (Å²) in [5.74, 6) is 1.36. The molecule has 35 heavy (non-hydrogen) atoms. The van der Waals surface area contributed by atoms with E-state index in [2.05, 4.69) is 10.6 Å². The number of benzene rings is 3. The standard InChI is InChI=1S/C27H30N4O4/c1-19-5-9-21(10-6-19)28-26(32)29-24-17-23(35-3)13-14-25(24)31-16-4-15-30(27(31)33)18-20-7-11-22(34-2)12-8-20/h5-14,17H,4,15-16,18H2,1-3H3,(H2,28,29,32). The van der Waals surface area contributed by atoms with E-state index in [4.69, 9.17) is 9.47 Å². The second-order valence-corrected chi connectivity index (χ2v) is 8.39. The third-order valence-electron chi connectivity index (χ3n) is 5.90. The molecular formula is C27H30N4O4. The second-order valence-electron chi connectivity index (χ2n) is 8.39. The summed E-state index contributed by atoms with van der Waals surface area (Å²) in [6.45, 7) is 3.69. The SMILES string of the molecule is COc1ccc(CN2CCCN(c3ccc(OC)cc3NC(=O)Nc3ccc(C)cc3)C2=O)cc1. The number of amides is 4. The fourth-order valence-corrected chi connectivity index (χ4v) is 4.00. The normalized spacial score (nSPS) is 13.4. The van der Waals surface area contributed by atoms with Crippen molar-refractivity contribution in [2.24, 2.45) is 0 Å². The van der Waals surface area contributed by atoms with Crippen LogP contribution in [0.4, 0.5) is 26.7 Å². The van der Waals surface area contributed by atoms with Crippen LogP contribution < -0.4 is 25.0 Å². The molecule has 0 aromatic heterocycles. The van der Waals surface area contributed by atoms with Crippen LogP contribution in [-0.4, -0.2) is 44.3 Å². The lowest BCUT2D eigenvalue weighted by atomic mass is 10.1. The number of nitrogens with one attached hydrogen (secondary N) is 2. The number of rotatable bonds is 7. The average Bonchev–Trinajstić information content (AvgIpc) is 2.87. The Morgan fingerprint density at radius 2 is 1.57 bits per heavy atom. The summed E-state index contributed by atoms with van der Waals surface area (Å²) in [5, 5.41) is 5.72. The van der Waals surface area contributed by atoms with Crippen LogP contribution in [0, 0.1) is 6.92 Å². The highest BCUT2D eigenvalue weighted by atomic mass is 16.5. The number of carbonyl (C=O) groups is 2. The third-order valence-corrected chi connectivity index (χ3v) is 5.90. The predicted molar refractivity (Wildman–Crippen MR) is 138 cm³/mol. The summed E-state index contributed by atoms with van der Waals surface area (Å²) >= 11 is 0. The fourth-order valence-electron chi connectivity index (χ4n) is 4.00. The molecule has 1 aliphatic heterocycles. The van der Waals surface area contributed by atoms with Gasteiger partial charge in [0.25, 0.3) is 0 Å². The van der Waals surface area contributed by atoms with Gasteiger partial charge in [-0.2, -0.15) is 0 Å². The number of ether oxygens (including phenoxy) is 2. The zero-order valence-electron chi connectivity index (χ0n) is 20.2. The largest absolute Gasteiger partial charge is 0.497 e. The Balaban J connectivity index is 1.52. The summed E-state index contributed by atoms with van der Waals surface area (Å²) in [7, 11) is 3.19. The highest BCUT2D eigenvalue weighted by Crippen LogP contribution is 2.33. The molecule has 3 aromatic carbocycles. The first-order chi connectivity index (χ1) is 17.0. The molecule has 0 atom stereocenters.